The second-order valence-electron chi connectivity index (χ2n) is 2.99. The zero-order chi connectivity index (χ0) is 10.8. The molecule has 0 spiro atoms. The zero-order valence-corrected chi connectivity index (χ0v) is 7.99. The van der Waals surface area contributed by atoms with Gasteiger partial charge in [-0.15, -0.1) is 0 Å². The van der Waals surface area contributed by atoms with Crippen molar-refractivity contribution in [3.63, 3.8) is 0 Å². The van der Waals surface area contributed by atoms with Gasteiger partial charge >= 0.3 is 5.82 Å². The number of aromatic nitrogens is 3. The normalized spacial score (nSPS) is 10.2. The maximum absolute atomic E-state index is 10.7. The molecule has 0 aliphatic heterocycles. The third kappa shape index (κ3) is 1.56. The van der Waals surface area contributed by atoms with Crippen LogP contribution in [0.5, 0.6) is 0 Å². The van der Waals surface area contributed by atoms with Gasteiger partial charge in [0, 0.05) is 11.9 Å². The number of aryl methyl sites for hydroxylation is 1. The average Bonchev–Trinajstić information content (AvgIpc) is 2.64. The van der Waals surface area contributed by atoms with Crippen molar-refractivity contribution < 1.29 is 4.92 Å². The molecule has 6 heteroatoms. The summed E-state index contributed by atoms with van der Waals surface area (Å²) < 4.78 is 1.49. The van der Waals surface area contributed by atoms with E-state index in [1.54, 1.807) is 24.4 Å². The van der Waals surface area contributed by atoms with E-state index >= 15 is 0 Å². The van der Waals surface area contributed by atoms with Crippen molar-refractivity contribution in [2.24, 2.45) is 0 Å². The molecule has 76 valence electrons. The molecule has 0 atom stereocenters. The van der Waals surface area contributed by atoms with Gasteiger partial charge in [0.25, 0.3) is 0 Å². The molecule has 0 radical (unpaired) electrons. The summed E-state index contributed by atoms with van der Waals surface area (Å²) in [6.07, 6.45) is 2.98. The summed E-state index contributed by atoms with van der Waals surface area (Å²) in [5.74, 6) is -0.190. The molecular weight excluding hydrogens is 196 g/mol. The zero-order valence-electron chi connectivity index (χ0n) is 7.99. The second-order valence-corrected chi connectivity index (χ2v) is 2.99. The minimum atomic E-state index is -0.517. The van der Waals surface area contributed by atoms with Crippen LogP contribution < -0.4 is 0 Å². The van der Waals surface area contributed by atoms with E-state index in [-0.39, 0.29) is 5.82 Å². The highest BCUT2D eigenvalue weighted by Gasteiger charge is 2.16. The van der Waals surface area contributed by atoms with Gasteiger partial charge in [0.1, 0.15) is 6.20 Å². The van der Waals surface area contributed by atoms with E-state index in [2.05, 4.69) is 10.1 Å². The van der Waals surface area contributed by atoms with Crippen molar-refractivity contribution in [3.05, 3.63) is 46.4 Å². The molecule has 15 heavy (non-hydrogen) atoms. The first kappa shape index (κ1) is 9.32. The Labute approximate surface area is 85.3 Å². The summed E-state index contributed by atoms with van der Waals surface area (Å²) in [5.41, 5.74) is 1.20. The third-order valence-corrected chi connectivity index (χ3v) is 2.00. The van der Waals surface area contributed by atoms with Gasteiger partial charge < -0.3 is 10.1 Å². The Morgan fingerprint density at radius 1 is 1.40 bits per heavy atom. The molecule has 0 aliphatic rings. The molecule has 2 aromatic heterocycles. The van der Waals surface area contributed by atoms with Crippen molar-refractivity contribution in [1.29, 1.82) is 0 Å². The quantitative estimate of drug-likeness (QED) is 0.548. The molecule has 0 fully saturated rings. The van der Waals surface area contributed by atoms with Crippen LogP contribution in [0.3, 0.4) is 0 Å². The summed E-state index contributed by atoms with van der Waals surface area (Å²) in [5, 5.41) is 14.7. The molecule has 0 aromatic carbocycles. The lowest BCUT2D eigenvalue weighted by Gasteiger charge is -2.03. The molecule has 0 saturated carbocycles. The van der Waals surface area contributed by atoms with E-state index in [1.165, 1.54) is 10.9 Å². The smallest absolute Gasteiger partial charge is 0.358 e. The summed E-state index contributed by atoms with van der Waals surface area (Å²) in [6, 6.07) is 5.03. The van der Waals surface area contributed by atoms with Gasteiger partial charge in [-0.2, -0.15) is 5.10 Å². The fourth-order valence-corrected chi connectivity index (χ4v) is 1.32. The van der Waals surface area contributed by atoms with Gasteiger partial charge in [-0.25, -0.2) is 4.68 Å². The van der Waals surface area contributed by atoms with Gasteiger partial charge in [-0.3, -0.25) is 0 Å². The van der Waals surface area contributed by atoms with E-state index in [0.717, 1.165) is 5.69 Å². The fourth-order valence-electron chi connectivity index (χ4n) is 1.32. The van der Waals surface area contributed by atoms with Crippen LogP contribution in [0, 0.1) is 17.0 Å². The van der Waals surface area contributed by atoms with Gasteiger partial charge in [0.15, 0.2) is 5.69 Å². The Morgan fingerprint density at radius 2 is 2.20 bits per heavy atom. The van der Waals surface area contributed by atoms with Crippen LogP contribution in [0.4, 0.5) is 5.82 Å². The average molecular weight is 204 g/mol. The lowest BCUT2D eigenvalue weighted by molar-refractivity contribution is -0.389. The van der Waals surface area contributed by atoms with Gasteiger partial charge in [-0.1, -0.05) is 0 Å². The molecule has 6 nitrogen and oxygen atoms in total. The monoisotopic (exact) mass is 204 g/mol. The van der Waals surface area contributed by atoms with Crippen molar-refractivity contribution in [1.82, 2.24) is 14.8 Å². The van der Waals surface area contributed by atoms with Crippen LogP contribution in [0.25, 0.3) is 5.69 Å². The predicted octanol–water partition coefficient (Wildman–Crippen LogP) is 1.48. The van der Waals surface area contributed by atoms with E-state index in [4.69, 9.17) is 0 Å². The maximum Gasteiger partial charge on any atom is 0.389 e. The molecule has 0 unspecified atom stereocenters. The van der Waals surface area contributed by atoms with Crippen LogP contribution in [0.2, 0.25) is 0 Å². The molecule has 0 N–H and O–H groups in total. The van der Waals surface area contributed by atoms with E-state index in [1.807, 2.05) is 6.92 Å². The Bertz CT molecular complexity index is 506. The minimum absolute atomic E-state index is 0.190. The molecule has 2 rings (SSSR count). The number of hydrogen-bond donors (Lipinski definition) is 0. The SMILES string of the molecule is Cc1ccnn1-c1cccnc1[N+](=O)[O-]. The second kappa shape index (κ2) is 3.49. The lowest BCUT2D eigenvalue weighted by atomic mass is 10.3. The molecule has 2 heterocycles. The largest absolute Gasteiger partial charge is 0.389 e. The highest BCUT2D eigenvalue weighted by Crippen LogP contribution is 2.19. The summed E-state index contributed by atoms with van der Waals surface area (Å²) in [4.78, 5) is 13.9. The molecule has 0 bridgehead atoms. The number of rotatable bonds is 2. The van der Waals surface area contributed by atoms with Crippen molar-refractivity contribution >= 4 is 5.82 Å². The van der Waals surface area contributed by atoms with Gasteiger partial charge in [-0.05, 0) is 35.0 Å². The Kier molecular flexibility index (Phi) is 2.17. The van der Waals surface area contributed by atoms with Crippen LogP contribution in [0.1, 0.15) is 5.69 Å². The van der Waals surface area contributed by atoms with Crippen molar-refractivity contribution in [2.75, 3.05) is 0 Å². The Hall–Kier alpha value is -2.24. The first-order valence-corrected chi connectivity index (χ1v) is 4.30. The topological polar surface area (TPSA) is 73.8 Å². The van der Waals surface area contributed by atoms with E-state index in [9.17, 15) is 10.1 Å². The first-order valence-electron chi connectivity index (χ1n) is 4.30. The van der Waals surface area contributed by atoms with Gasteiger partial charge in [0.2, 0.25) is 0 Å². The minimum Gasteiger partial charge on any atom is -0.358 e. The van der Waals surface area contributed by atoms with Gasteiger partial charge in [0.05, 0.1) is 0 Å². The number of hydrogen-bond acceptors (Lipinski definition) is 4. The van der Waals surface area contributed by atoms with Crippen LogP contribution in [-0.2, 0) is 0 Å². The Morgan fingerprint density at radius 3 is 2.80 bits per heavy atom. The van der Waals surface area contributed by atoms with Crippen LogP contribution in [-0.4, -0.2) is 19.7 Å². The standard InChI is InChI=1S/C9H8N4O2/c1-7-4-6-11-12(7)8-3-2-5-10-9(8)13(14)15/h2-6H,1H3. The van der Waals surface area contributed by atoms with E-state index < -0.39 is 4.92 Å². The summed E-state index contributed by atoms with van der Waals surface area (Å²) >= 11 is 0. The molecule has 0 amide bonds. The fraction of sp³-hybridized carbons (Fsp3) is 0.111. The summed E-state index contributed by atoms with van der Waals surface area (Å²) in [6.45, 7) is 1.82. The van der Waals surface area contributed by atoms with Crippen molar-refractivity contribution in [2.45, 2.75) is 6.92 Å². The molecule has 0 saturated heterocycles. The summed E-state index contributed by atoms with van der Waals surface area (Å²) in [7, 11) is 0. The molecular formula is C9H8N4O2. The van der Waals surface area contributed by atoms with Crippen LogP contribution >= 0.6 is 0 Å². The highest BCUT2D eigenvalue weighted by atomic mass is 16.6. The van der Waals surface area contributed by atoms with Crippen molar-refractivity contribution in [3.8, 4) is 5.69 Å². The predicted molar refractivity (Wildman–Crippen MR) is 52.8 cm³/mol. The lowest BCUT2D eigenvalue weighted by Crippen LogP contribution is -2.04. The highest BCUT2D eigenvalue weighted by molar-refractivity contribution is 5.46. The number of nitro groups is 1. The maximum atomic E-state index is 10.7. The first-order chi connectivity index (χ1) is 7.20. The molecule has 2 aromatic rings. The molecule has 0 aliphatic carbocycles. The number of nitrogens with zero attached hydrogens (tertiary/aromatic N) is 4. The Balaban J connectivity index is 2.63. The third-order valence-electron chi connectivity index (χ3n) is 2.00. The number of pyridine rings is 1. The van der Waals surface area contributed by atoms with E-state index in [0.29, 0.717) is 5.69 Å². The van der Waals surface area contributed by atoms with Crippen LogP contribution in [0.15, 0.2) is 30.6 Å².